The number of furan rings is 1. The van der Waals surface area contributed by atoms with Crippen LogP contribution in [0.5, 0.6) is 0 Å². The van der Waals surface area contributed by atoms with Gasteiger partial charge >= 0.3 is 0 Å². The Morgan fingerprint density at radius 2 is 2.12 bits per heavy atom. The van der Waals surface area contributed by atoms with Crippen molar-refractivity contribution in [2.75, 3.05) is 6.54 Å². The van der Waals surface area contributed by atoms with Crippen LogP contribution in [0, 0.1) is 13.8 Å². The van der Waals surface area contributed by atoms with Crippen LogP contribution in [0.4, 0.5) is 0 Å². The van der Waals surface area contributed by atoms with Crippen LogP contribution in [0.25, 0.3) is 11.5 Å². The molecule has 3 aromatic rings. The molecule has 1 atom stereocenters. The van der Waals surface area contributed by atoms with Crippen LogP contribution < -0.4 is 0 Å². The number of rotatable bonds is 3. The molecule has 0 aliphatic carbocycles. The van der Waals surface area contributed by atoms with Gasteiger partial charge in [0.1, 0.15) is 5.76 Å². The third-order valence-electron chi connectivity index (χ3n) is 4.43. The summed E-state index contributed by atoms with van der Waals surface area (Å²) in [6, 6.07) is 5.10. The van der Waals surface area contributed by atoms with Crippen molar-refractivity contribution in [3.63, 3.8) is 0 Å². The highest BCUT2D eigenvalue weighted by atomic mass is 16.5. The fraction of sp³-hybridized carbons (Fsp3) is 0.353. The van der Waals surface area contributed by atoms with Gasteiger partial charge in [0.25, 0.3) is 5.91 Å². The molecule has 1 aliphatic rings. The first kappa shape index (κ1) is 14.7. The van der Waals surface area contributed by atoms with E-state index in [4.69, 9.17) is 13.5 Å². The van der Waals surface area contributed by atoms with E-state index in [2.05, 4.69) is 10.3 Å². The Labute approximate surface area is 138 Å². The molecule has 0 N–H and O–H groups in total. The largest absolute Gasteiger partial charge is 0.461 e. The highest BCUT2D eigenvalue weighted by molar-refractivity contribution is 5.93. The molecule has 4 heterocycles. The Morgan fingerprint density at radius 1 is 1.25 bits per heavy atom. The molecule has 1 aliphatic heterocycles. The van der Waals surface area contributed by atoms with Crippen molar-refractivity contribution in [2.45, 2.75) is 32.7 Å². The SMILES string of the molecule is Cc1noc(C)c1C1CCCN1C(=O)c1cc(-c2ccco2)on1. The summed E-state index contributed by atoms with van der Waals surface area (Å²) in [5, 5.41) is 7.92. The molecule has 24 heavy (non-hydrogen) atoms. The lowest BCUT2D eigenvalue weighted by molar-refractivity contribution is 0.0724. The second kappa shape index (κ2) is 5.67. The van der Waals surface area contributed by atoms with Crippen LogP contribution in [0.15, 0.2) is 37.9 Å². The predicted molar refractivity (Wildman–Crippen MR) is 83.2 cm³/mol. The summed E-state index contributed by atoms with van der Waals surface area (Å²) in [6.07, 6.45) is 3.37. The van der Waals surface area contributed by atoms with Gasteiger partial charge in [-0.1, -0.05) is 10.3 Å². The fourth-order valence-corrected chi connectivity index (χ4v) is 3.33. The molecule has 1 saturated heterocycles. The van der Waals surface area contributed by atoms with E-state index in [9.17, 15) is 4.79 Å². The Bertz CT molecular complexity index is 843. The topological polar surface area (TPSA) is 85.5 Å². The Kier molecular flexibility index (Phi) is 3.48. The molecule has 124 valence electrons. The van der Waals surface area contributed by atoms with Gasteiger partial charge in [0, 0.05) is 18.2 Å². The Hall–Kier alpha value is -2.83. The molecule has 1 amide bonds. The third-order valence-corrected chi connectivity index (χ3v) is 4.43. The maximum Gasteiger partial charge on any atom is 0.276 e. The van der Waals surface area contributed by atoms with E-state index in [1.807, 2.05) is 18.7 Å². The molecule has 7 heteroatoms. The van der Waals surface area contributed by atoms with Gasteiger partial charge in [0.2, 0.25) is 5.76 Å². The lowest BCUT2D eigenvalue weighted by Crippen LogP contribution is -2.31. The number of aromatic nitrogens is 2. The van der Waals surface area contributed by atoms with E-state index < -0.39 is 0 Å². The number of likely N-dealkylation sites (tertiary alicyclic amines) is 1. The van der Waals surface area contributed by atoms with Gasteiger partial charge in [0.05, 0.1) is 18.0 Å². The van der Waals surface area contributed by atoms with Crippen molar-refractivity contribution in [1.29, 1.82) is 0 Å². The number of nitrogens with zero attached hydrogens (tertiary/aromatic N) is 3. The summed E-state index contributed by atoms with van der Waals surface area (Å²) in [7, 11) is 0. The molecular formula is C17H17N3O4. The Morgan fingerprint density at radius 3 is 2.83 bits per heavy atom. The van der Waals surface area contributed by atoms with E-state index in [1.54, 1.807) is 24.5 Å². The first-order chi connectivity index (χ1) is 11.6. The number of carbonyl (C=O) groups excluding carboxylic acids is 1. The lowest BCUT2D eigenvalue weighted by atomic mass is 10.0. The highest BCUT2D eigenvalue weighted by Gasteiger charge is 2.35. The van der Waals surface area contributed by atoms with Crippen molar-refractivity contribution in [1.82, 2.24) is 15.2 Å². The molecule has 0 bridgehead atoms. The number of carbonyl (C=O) groups is 1. The average molecular weight is 327 g/mol. The summed E-state index contributed by atoms with van der Waals surface area (Å²) >= 11 is 0. The zero-order valence-corrected chi connectivity index (χ0v) is 13.5. The standard InChI is InChI=1S/C17H17N3O4/c1-10-16(11(2)23-18-10)13-5-3-7-20(13)17(21)12-9-15(24-19-12)14-6-4-8-22-14/h4,6,8-9,13H,3,5,7H2,1-2H3. The summed E-state index contributed by atoms with van der Waals surface area (Å²) in [5.41, 5.74) is 2.10. The summed E-state index contributed by atoms with van der Waals surface area (Å²) in [4.78, 5) is 14.7. The van der Waals surface area contributed by atoms with Crippen molar-refractivity contribution < 1.29 is 18.3 Å². The average Bonchev–Trinajstić information content (AvgIpc) is 3.34. The quantitative estimate of drug-likeness (QED) is 0.731. The van der Waals surface area contributed by atoms with Crippen LogP contribution in [-0.4, -0.2) is 27.7 Å². The maximum atomic E-state index is 12.9. The molecule has 0 saturated carbocycles. The van der Waals surface area contributed by atoms with Gasteiger partial charge in [-0.25, -0.2) is 0 Å². The Balaban J connectivity index is 1.62. The monoisotopic (exact) mass is 327 g/mol. The van der Waals surface area contributed by atoms with Crippen molar-refractivity contribution in [3.05, 3.63) is 47.2 Å². The molecule has 0 radical (unpaired) electrons. The van der Waals surface area contributed by atoms with Crippen LogP contribution in [-0.2, 0) is 0 Å². The smallest absolute Gasteiger partial charge is 0.276 e. The molecule has 4 rings (SSSR count). The first-order valence-corrected chi connectivity index (χ1v) is 7.89. The number of hydrogen-bond donors (Lipinski definition) is 0. The number of aryl methyl sites for hydroxylation is 2. The minimum absolute atomic E-state index is 0.0347. The summed E-state index contributed by atoms with van der Waals surface area (Å²) < 4.78 is 15.8. The molecule has 7 nitrogen and oxygen atoms in total. The number of amides is 1. The summed E-state index contributed by atoms with van der Waals surface area (Å²) in [6.45, 7) is 4.45. The van der Waals surface area contributed by atoms with E-state index in [1.165, 1.54) is 0 Å². The van der Waals surface area contributed by atoms with Gasteiger partial charge in [-0.05, 0) is 38.8 Å². The maximum absolute atomic E-state index is 12.9. The zero-order valence-electron chi connectivity index (χ0n) is 13.5. The van der Waals surface area contributed by atoms with Gasteiger partial charge in [-0.15, -0.1) is 0 Å². The van der Waals surface area contributed by atoms with Gasteiger partial charge in [-0.3, -0.25) is 4.79 Å². The second-order valence-corrected chi connectivity index (χ2v) is 5.95. The fourth-order valence-electron chi connectivity index (χ4n) is 3.33. The molecule has 1 fully saturated rings. The lowest BCUT2D eigenvalue weighted by Gasteiger charge is -2.23. The first-order valence-electron chi connectivity index (χ1n) is 7.89. The van der Waals surface area contributed by atoms with Gasteiger partial charge < -0.3 is 18.4 Å². The molecule has 0 aromatic carbocycles. The van der Waals surface area contributed by atoms with E-state index >= 15 is 0 Å². The second-order valence-electron chi connectivity index (χ2n) is 5.95. The molecule has 1 unspecified atom stereocenters. The van der Waals surface area contributed by atoms with Crippen molar-refractivity contribution in [3.8, 4) is 11.5 Å². The zero-order chi connectivity index (χ0) is 16.7. The van der Waals surface area contributed by atoms with E-state index in [-0.39, 0.29) is 17.6 Å². The van der Waals surface area contributed by atoms with E-state index in [0.717, 1.165) is 29.9 Å². The minimum atomic E-state index is -0.154. The molecular weight excluding hydrogens is 310 g/mol. The van der Waals surface area contributed by atoms with Crippen molar-refractivity contribution >= 4 is 5.91 Å². The predicted octanol–water partition coefficient (Wildman–Crippen LogP) is 3.52. The van der Waals surface area contributed by atoms with Crippen molar-refractivity contribution in [2.24, 2.45) is 0 Å². The van der Waals surface area contributed by atoms with Gasteiger partial charge in [-0.2, -0.15) is 0 Å². The third kappa shape index (κ3) is 2.33. The van der Waals surface area contributed by atoms with Gasteiger partial charge in [0.15, 0.2) is 11.5 Å². The van der Waals surface area contributed by atoms with Crippen LogP contribution in [0.1, 0.15) is 46.4 Å². The highest BCUT2D eigenvalue weighted by Crippen LogP contribution is 2.36. The van der Waals surface area contributed by atoms with E-state index in [0.29, 0.717) is 18.1 Å². The summed E-state index contributed by atoms with van der Waals surface area (Å²) in [5.74, 6) is 1.59. The van der Waals surface area contributed by atoms with Crippen LogP contribution in [0.3, 0.4) is 0 Å². The minimum Gasteiger partial charge on any atom is -0.461 e. The molecule has 0 spiro atoms. The van der Waals surface area contributed by atoms with Crippen LogP contribution >= 0.6 is 0 Å². The number of hydrogen-bond acceptors (Lipinski definition) is 6. The van der Waals surface area contributed by atoms with Crippen LogP contribution in [0.2, 0.25) is 0 Å². The normalized spacial score (nSPS) is 17.6. The molecule has 3 aromatic heterocycles.